The molecule has 1 saturated heterocycles. The largest absolute Gasteiger partial charge is 0.324 e. The topological polar surface area (TPSA) is 87.2 Å². The summed E-state index contributed by atoms with van der Waals surface area (Å²) in [6.45, 7) is 4.87. The number of nitrogens with one attached hydrogen (secondary N) is 2. The van der Waals surface area contributed by atoms with E-state index >= 15 is 0 Å². The van der Waals surface area contributed by atoms with E-state index in [9.17, 15) is 9.59 Å². The zero-order valence-corrected chi connectivity index (χ0v) is 15.1. The third kappa shape index (κ3) is 4.54. The predicted molar refractivity (Wildman–Crippen MR) is 97.8 cm³/mol. The summed E-state index contributed by atoms with van der Waals surface area (Å²) in [5.41, 5.74) is 1.85. The van der Waals surface area contributed by atoms with E-state index in [4.69, 9.17) is 0 Å². The Morgan fingerprint density at radius 3 is 2.80 bits per heavy atom. The molecule has 3 amide bonds. The number of rotatable bonds is 3. The van der Waals surface area contributed by atoms with Crippen LogP contribution in [0.5, 0.6) is 0 Å². The number of urea groups is 1. The summed E-state index contributed by atoms with van der Waals surface area (Å²) in [6, 6.07) is 7.49. The van der Waals surface area contributed by atoms with E-state index in [0.29, 0.717) is 18.2 Å². The number of piperidine rings is 1. The van der Waals surface area contributed by atoms with Gasteiger partial charge in [-0.15, -0.1) is 10.2 Å². The smallest absolute Gasteiger partial charge is 0.321 e. The van der Waals surface area contributed by atoms with Gasteiger partial charge in [0.15, 0.2) is 0 Å². The molecule has 1 unspecified atom stereocenters. The molecule has 1 aromatic heterocycles. The molecule has 2 aromatic rings. The first-order chi connectivity index (χ1) is 12.0. The Morgan fingerprint density at radius 1 is 1.24 bits per heavy atom. The summed E-state index contributed by atoms with van der Waals surface area (Å²) in [5, 5.41) is 14.8. The lowest BCUT2D eigenvalue weighted by molar-refractivity contribution is -0.121. The molecule has 1 aromatic carbocycles. The van der Waals surface area contributed by atoms with E-state index in [1.165, 1.54) is 11.3 Å². The standard InChI is InChI=1S/C17H21N5O2S/c1-11-5-3-7-14(9-11)18-17(24)22-8-4-6-13(10-22)15(23)19-16-21-20-12(2)25-16/h3,5,7,9,13H,4,6,8,10H2,1-2H3,(H,18,24)(H,19,21,23). The number of carbonyl (C=O) groups is 2. The molecule has 0 saturated carbocycles. The van der Waals surface area contributed by atoms with E-state index in [2.05, 4.69) is 20.8 Å². The van der Waals surface area contributed by atoms with Gasteiger partial charge >= 0.3 is 6.03 Å². The van der Waals surface area contributed by atoms with Gasteiger partial charge in [-0.1, -0.05) is 23.5 Å². The molecule has 132 valence electrons. The first-order valence-corrected chi connectivity index (χ1v) is 9.06. The van der Waals surface area contributed by atoms with E-state index in [1.807, 2.05) is 38.1 Å². The van der Waals surface area contributed by atoms with E-state index in [-0.39, 0.29) is 17.9 Å². The van der Waals surface area contributed by atoms with Crippen molar-refractivity contribution in [1.29, 1.82) is 0 Å². The molecule has 2 N–H and O–H groups in total. The first kappa shape index (κ1) is 17.3. The molecule has 2 heterocycles. The van der Waals surface area contributed by atoms with E-state index in [1.54, 1.807) is 4.90 Å². The average molecular weight is 359 g/mol. The maximum absolute atomic E-state index is 12.5. The van der Waals surface area contributed by atoms with E-state index < -0.39 is 0 Å². The lowest BCUT2D eigenvalue weighted by Crippen LogP contribution is -2.45. The van der Waals surface area contributed by atoms with Crippen molar-refractivity contribution >= 4 is 34.1 Å². The molecule has 3 rings (SSSR count). The van der Waals surface area contributed by atoms with Gasteiger partial charge in [-0.2, -0.15) is 0 Å². The summed E-state index contributed by atoms with van der Waals surface area (Å²) < 4.78 is 0. The first-order valence-electron chi connectivity index (χ1n) is 8.25. The van der Waals surface area contributed by atoms with Crippen molar-refractivity contribution in [3.05, 3.63) is 34.8 Å². The zero-order chi connectivity index (χ0) is 17.8. The third-order valence-electron chi connectivity index (χ3n) is 4.10. The van der Waals surface area contributed by atoms with Crippen LogP contribution in [0.25, 0.3) is 0 Å². The lowest BCUT2D eigenvalue weighted by Gasteiger charge is -2.31. The molecule has 1 aliphatic rings. The Balaban J connectivity index is 1.58. The Kier molecular flexibility index (Phi) is 5.28. The van der Waals surface area contributed by atoms with Crippen molar-refractivity contribution in [1.82, 2.24) is 15.1 Å². The van der Waals surface area contributed by atoms with Gasteiger partial charge in [-0.3, -0.25) is 4.79 Å². The number of aryl methyl sites for hydroxylation is 2. The van der Waals surface area contributed by atoms with Crippen LogP contribution in [-0.4, -0.2) is 40.1 Å². The number of carbonyl (C=O) groups excluding carboxylic acids is 2. The lowest BCUT2D eigenvalue weighted by atomic mass is 9.97. The molecule has 1 fully saturated rings. The predicted octanol–water partition coefficient (Wildman–Crippen LogP) is 3.04. The molecule has 8 heteroatoms. The monoisotopic (exact) mass is 359 g/mol. The highest BCUT2D eigenvalue weighted by Gasteiger charge is 2.29. The van der Waals surface area contributed by atoms with Gasteiger partial charge in [-0.25, -0.2) is 4.79 Å². The minimum absolute atomic E-state index is 0.107. The molecule has 7 nitrogen and oxygen atoms in total. The summed E-state index contributed by atoms with van der Waals surface area (Å²) in [6.07, 6.45) is 1.56. The summed E-state index contributed by atoms with van der Waals surface area (Å²) in [4.78, 5) is 26.6. The van der Waals surface area contributed by atoms with Gasteiger partial charge in [0.2, 0.25) is 11.0 Å². The summed E-state index contributed by atoms with van der Waals surface area (Å²) in [5.74, 6) is -0.342. The second kappa shape index (κ2) is 7.60. The van der Waals surface area contributed by atoms with Crippen molar-refractivity contribution in [3.8, 4) is 0 Å². The van der Waals surface area contributed by atoms with Gasteiger partial charge in [0.25, 0.3) is 0 Å². The van der Waals surface area contributed by atoms with Crippen molar-refractivity contribution in [2.75, 3.05) is 23.7 Å². The number of hydrogen-bond acceptors (Lipinski definition) is 5. The second-order valence-corrected chi connectivity index (χ2v) is 7.38. The van der Waals surface area contributed by atoms with Gasteiger partial charge < -0.3 is 15.5 Å². The molecule has 0 bridgehead atoms. The highest BCUT2D eigenvalue weighted by molar-refractivity contribution is 7.15. The zero-order valence-electron chi connectivity index (χ0n) is 14.3. The van der Waals surface area contributed by atoms with Crippen LogP contribution in [0.3, 0.4) is 0 Å². The SMILES string of the molecule is Cc1cccc(NC(=O)N2CCCC(C(=O)Nc3nnc(C)s3)C2)c1. The number of amides is 3. The van der Waals surface area contributed by atoms with Crippen LogP contribution < -0.4 is 10.6 Å². The van der Waals surface area contributed by atoms with Gasteiger partial charge in [0.1, 0.15) is 5.01 Å². The normalized spacial score (nSPS) is 17.2. The van der Waals surface area contributed by atoms with Crippen molar-refractivity contribution in [2.24, 2.45) is 5.92 Å². The number of nitrogens with zero attached hydrogens (tertiary/aromatic N) is 3. The Labute approximate surface area is 150 Å². The Hall–Kier alpha value is -2.48. The number of benzene rings is 1. The highest BCUT2D eigenvalue weighted by atomic mass is 32.1. The quantitative estimate of drug-likeness (QED) is 0.882. The maximum atomic E-state index is 12.5. The minimum Gasteiger partial charge on any atom is -0.324 e. The molecule has 25 heavy (non-hydrogen) atoms. The van der Waals surface area contributed by atoms with Crippen LogP contribution in [0, 0.1) is 19.8 Å². The molecular weight excluding hydrogens is 338 g/mol. The van der Waals surface area contributed by atoms with Crippen molar-refractivity contribution in [3.63, 3.8) is 0 Å². The fourth-order valence-corrected chi connectivity index (χ4v) is 3.45. The molecule has 0 spiro atoms. The van der Waals surface area contributed by atoms with Crippen LogP contribution >= 0.6 is 11.3 Å². The minimum atomic E-state index is -0.235. The van der Waals surface area contributed by atoms with Crippen molar-refractivity contribution in [2.45, 2.75) is 26.7 Å². The van der Waals surface area contributed by atoms with Crippen LogP contribution in [-0.2, 0) is 4.79 Å². The van der Waals surface area contributed by atoms with Gasteiger partial charge in [0, 0.05) is 18.8 Å². The van der Waals surface area contributed by atoms with Crippen LogP contribution in [0.1, 0.15) is 23.4 Å². The van der Waals surface area contributed by atoms with Crippen molar-refractivity contribution < 1.29 is 9.59 Å². The van der Waals surface area contributed by atoms with E-state index in [0.717, 1.165) is 29.1 Å². The number of likely N-dealkylation sites (tertiary alicyclic amines) is 1. The summed E-state index contributed by atoms with van der Waals surface area (Å²) in [7, 11) is 0. The van der Waals surface area contributed by atoms with Gasteiger partial charge in [-0.05, 0) is 44.4 Å². The fraction of sp³-hybridized carbons (Fsp3) is 0.412. The summed E-state index contributed by atoms with van der Waals surface area (Å²) >= 11 is 1.34. The number of hydrogen-bond donors (Lipinski definition) is 2. The molecular formula is C17H21N5O2S. The molecule has 0 radical (unpaired) electrons. The fourth-order valence-electron chi connectivity index (χ4n) is 2.86. The molecule has 1 atom stereocenters. The number of anilines is 2. The highest BCUT2D eigenvalue weighted by Crippen LogP contribution is 2.21. The van der Waals surface area contributed by atoms with Crippen LogP contribution in [0.2, 0.25) is 0 Å². The Bertz CT molecular complexity index is 776. The maximum Gasteiger partial charge on any atom is 0.321 e. The number of aromatic nitrogens is 2. The molecule has 0 aliphatic carbocycles. The van der Waals surface area contributed by atoms with Gasteiger partial charge in [0.05, 0.1) is 5.92 Å². The Morgan fingerprint density at radius 2 is 2.08 bits per heavy atom. The second-order valence-electron chi connectivity index (χ2n) is 6.20. The average Bonchev–Trinajstić information content (AvgIpc) is 3.00. The van der Waals surface area contributed by atoms with Crippen LogP contribution in [0.4, 0.5) is 15.6 Å². The van der Waals surface area contributed by atoms with Crippen LogP contribution in [0.15, 0.2) is 24.3 Å². The third-order valence-corrected chi connectivity index (χ3v) is 4.86. The molecule has 1 aliphatic heterocycles.